The molecule has 3 rings (SSSR count). The zero-order valence-corrected chi connectivity index (χ0v) is 10.5. The number of rotatable bonds is 4. The first-order chi connectivity index (χ1) is 8.75. The highest BCUT2D eigenvalue weighted by Crippen LogP contribution is 2.17. The number of aromatic nitrogens is 2. The van der Waals surface area contributed by atoms with Crippen LogP contribution in [-0.2, 0) is 11.3 Å². The van der Waals surface area contributed by atoms with Gasteiger partial charge in [0.15, 0.2) is 0 Å². The fraction of sp³-hybridized carbons (Fsp3) is 0.357. The van der Waals surface area contributed by atoms with Crippen molar-refractivity contribution in [2.24, 2.45) is 0 Å². The maximum Gasteiger partial charge on any atom is 0.0915 e. The zero-order chi connectivity index (χ0) is 12.4. The minimum Gasteiger partial charge on any atom is -0.366 e. The lowest BCUT2D eigenvalue weighted by molar-refractivity contribution is -0.0778. The van der Waals surface area contributed by atoms with Crippen LogP contribution in [0.15, 0.2) is 42.6 Å². The molecule has 18 heavy (non-hydrogen) atoms. The maximum absolute atomic E-state index is 5.86. The van der Waals surface area contributed by atoms with Gasteiger partial charge in [0.2, 0.25) is 0 Å². The van der Waals surface area contributed by atoms with Crippen molar-refractivity contribution in [3.05, 3.63) is 48.3 Å². The van der Waals surface area contributed by atoms with E-state index < -0.39 is 0 Å². The topological polar surface area (TPSA) is 39.1 Å². The molecule has 1 aliphatic rings. The summed E-state index contributed by atoms with van der Waals surface area (Å²) in [5, 5.41) is 7.73. The second kappa shape index (κ2) is 4.55. The summed E-state index contributed by atoms with van der Waals surface area (Å²) in [6, 6.07) is 12.1. The van der Waals surface area contributed by atoms with E-state index in [0.29, 0.717) is 6.61 Å². The lowest BCUT2D eigenvalue weighted by Crippen LogP contribution is -2.58. The highest BCUT2D eigenvalue weighted by Gasteiger charge is 2.32. The van der Waals surface area contributed by atoms with Gasteiger partial charge in [0.1, 0.15) is 0 Å². The van der Waals surface area contributed by atoms with Crippen LogP contribution in [0.25, 0.3) is 5.69 Å². The number of nitrogens with one attached hydrogen (secondary N) is 1. The fourth-order valence-electron chi connectivity index (χ4n) is 1.99. The molecule has 0 unspecified atom stereocenters. The molecule has 0 spiro atoms. The molecule has 1 N–H and O–H groups in total. The first-order valence-corrected chi connectivity index (χ1v) is 6.20. The smallest absolute Gasteiger partial charge is 0.0915 e. The molecule has 2 heterocycles. The second-order valence-electron chi connectivity index (χ2n) is 4.93. The van der Waals surface area contributed by atoms with Crippen LogP contribution in [0.5, 0.6) is 0 Å². The Kier molecular flexibility index (Phi) is 2.89. The zero-order valence-electron chi connectivity index (χ0n) is 10.5. The van der Waals surface area contributed by atoms with Crippen molar-refractivity contribution < 1.29 is 4.74 Å². The average molecular weight is 243 g/mol. The Bertz CT molecular complexity index is 517. The summed E-state index contributed by atoms with van der Waals surface area (Å²) in [5.41, 5.74) is 2.02. The van der Waals surface area contributed by atoms with E-state index in [1.807, 2.05) is 47.3 Å². The van der Waals surface area contributed by atoms with Gasteiger partial charge < -0.3 is 10.1 Å². The third-order valence-corrected chi connectivity index (χ3v) is 3.23. The van der Waals surface area contributed by atoms with E-state index in [4.69, 9.17) is 4.74 Å². The van der Waals surface area contributed by atoms with Crippen molar-refractivity contribution in [1.82, 2.24) is 15.1 Å². The summed E-state index contributed by atoms with van der Waals surface area (Å²) in [6.07, 6.45) is 1.97. The molecule has 0 amide bonds. The van der Waals surface area contributed by atoms with Crippen LogP contribution in [0.2, 0.25) is 0 Å². The van der Waals surface area contributed by atoms with E-state index >= 15 is 0 Å². The molecule has 1 aromatic carbocycles. The summed E-state index contributed by atoms with van der Waals surface area (Å²) in [7, 11) is 0. The highest BCUT2D eigenvalue weighted by atomic mass is 16.5. The van der Waals surface area contributed by atoms with Crippen LogP contribution < -0.4 is 5.32 Å². The van der Waals surface area contributed by atoms with Gasteiger partial charge in [-0.05, 0) is 25.1 Å². The summed E-state index contributed by atoms with van der Waals surface area (Å²) < 4.78 is 7.74. The molecule has 0 atom stereocenters. The van der Waals surface area contributed by atoms with Crippen LogP contribution in [-0.4, -0.2) is 28.5 Å². The fourth-order valence-corrected chi connectivity index (χ4v) is 1.99. The first-order valence-electron chi connectivity index (χ1n) is 6.20. The molecule has 2 aromatic rings. The monoisotopic (exact) mass is 243 g/mol. The van der Waals surface area contributed by atoms with Gasteiger partial charge in [-0.25, -0.2) is 4.68 Å². The van der Waals surface area contributed by atoms with Gasteiger partial charge in [0.05, 0.1) is 23.6 Å². The normalized spacial score (nSPS) is 17.4. The Hall–Kier alpha value is -1.65. The Morgan fingerprint density at radius 3 is 2.72 bits per heavy atom. The molecule has 94 valence electrons. The van der Waals surface area contributed by atoms with Gasteiger partial charge >= 0.3 is 0 Å². The largest absolute Gasteiger partial charge is 0.366 e. The molecule has 0 saturated carbocycles. The molecule has 1 aliphatic heterocycles. The van der Waals surface area contributed by atoms with Crippen LogP contribution in [0.4, 0.5) is 0 Å². The summed E-state index contributed by atoms with van der Waals surface area (Å²) in [5.74, 6) is 0. The molecular formula is C14H17N3O. The van der Waals surface area contributed by atoms with Gasteiger partial charge in [-0.3, -0.25) is 0 Å². The molecule has 1 saturated heterocycles. The van der Waals surface area contributed by atoms with Gasteiger partial charge in [0.25, 0.3) is 0 Å². The Morgan fingerprint density at radius 1 is 1.28 bits per heavy atom. The lowest BCUT2D eigenvalue weighted by atomic mass is 10.0. The highest BCUT2D eigenvalue weighted by molar-refractivity contribution is 5.30. The van der Waals surface area contributed by atoms with Crippen molar-refractivity contribution in [2.75, 3.05) is 13.1 Å². The molecule has 0 radical (unpaired) electrons. The molecule has 4 heteroatoms. The first kappa shape index (κ1) is 11.4. The van der Waals surface area contributed by atoms with Crippen LogP contribution in [0.1, 0.15) is 12.6 Å². The number of ether oxygens (including phenoxy) is 1. The lowest BCUT2D eigenvalue weighted by Gasteiger charge is -2.38. The Balaban J connectivity index is 1.66. The van der Waals surface area contributed by atoms with Crippen molar-refractivity contribution in [2.45, 2.75) is 19.1 Å². The summed E-state index contributed by atoms with van der Waals surface area (Å²) >= 11 is 0. The van der Waals surface area contributed by atoms with Gasteiger partial charge in [0, 0.05) is 19.3 Å². The number of nitrogens with zero attached hydrogens (tertiary/aromatic N) is 2. The van der Waals surface area contributed by atoms with Gasteiger partial charge in [-0.15, -0.1) is 0 Å². The molecule has 0 aliphatic carbocycles. The standard InChI is InChI=1S/C14H17N3O/c1-14(10-15-11-14)18-9-12-7-8-17(16-12)13-5-3-2-4-6-13/h2-8,15H,9-11H2,1H3. The predicted molar refractivity (Wildman–Crippen MR) is 69.6 cm³/mol. The summed E-state index contributed by atoms with van der Waals surface area (Å²) in [6.45, 7) is 4.54. The van der Waals surface area contributed by atoms with Crippen molar-refractivity contribution >= 4 is 0 Å². The molecular weight excluding hydrogens is 226 g/mol. The Labute approximate surface area is 107 Å². The van der Waals surface area contributed by atoms with Gasteiger partial charge in [-0.2, -0.15) is 5.10 Å². The average Bonchev–Trinajstić information content (AvgIpc) is 2.84. The minimum absolute atomic E-state index is 0.0173. The number of benzene rings is 1. The van der Waals surface area contributed by atoms with Gasteiger partial charge in [-0.1, -0.05) is 18.2 Å². The van der Waals surface area contributed by atoms with E-state index in [2.05, 4.69) is 17.3 Å². The van der Waals surface area contributed by atoms with E-state index in [1.54, 1.807) is 0 Å². The third kappa shape index (κ3) is 2.30. The second-order valence-corrected chi connectivity index (χ2v) is 4.93. The minimum atomic E-state index is -0.0173. The SMILES string of the molecule is CC1(OCc2ccn(-c3ccccc3)n2)CNC1. The van der Waals surface area contributed by atoms with Crippen molar-refractivity contribution in [3.63, 3.8) is 0 Å². The van der Waals surface area contributed by atoms with E-state index in [-0.39, 0.29) is 5.60 Å². The molecule has 0 bridgehead atoms. The van der Waals surface area contributed by atoms with E-state index in [0.717, 1.165) is 24.5 Å². The van der Waals surface area contributed by atoms with Crippen molar-refractivity contribution in [3.8, 4) is 5.69 Å². The van der Waals surface area contributed by atoms with E-state index in [1.165, 1.54) is 0 Å². The van der Waals surface area contributed by atoms with Crippen molar-refractivity contribution in [1.29, 1.82) is 0 Å². The molecule has 4 nitrogen and oxygen atoms in total. The maximum atomic E-state index is 5.86. The van der Waals surface area contributed by atoms with Crippen LogP contribution in [0.3, 0.4) is 0 Å². The summed E-state index contributed by atoms with van der Waals surface area (Å²) in [4.78, 5) is 0. The molecule has 1 fully saturated rings. The number of hydrogen-bond acceptors (Lipinski definition) is 3. The molecule has 1 aromatic heterocycles. The third-order valence-electron chi connectivity index (χ3n) is 3.23. The van der Waals surface area contributed by atoms with Crippen LogP contribution >= 0.6 is 0 Å². The Morgan fingerprint density at radius 2 is 2.06 bits per heavy atom. The van der Waals surface area contributed by atoms with Crippen LogP contribution in [0, 0.1) is 0 Å². The van der Waals surface area contributed by atoms with E-state index in [9.17, 15) is 0 Å². The number of hydrogen-bond donors (Lipinski definition) is 1. The quantitative estimate of drug-likeness (QED) is 0.889. The predicted octanol–water partition coefficient (Wildman–Crippen LogP) is 1.75. The number of para-hydroxylation sites is 1.